The molecule has 0 aliphatic heterocycles. The van der Waals surface area contributed by atoms with Crippen LogP contribution in [0.3, 0.4) is 0 Å². The molecule has 1 heterocycles. The van der Waals surface area contributed by atoms with Gasteiger partial charge >= 0.3 is 0 Å². The predicted octanol–water partition coefficient (Wildman–Crippen LogP) is 3.98. The highest BCUT2D eigenvalue weighted by Crippen LogP contribution is 2.27. The van der Waals surface area contributed by atoms with Crippen molar-refractivity contribution in [3.63, 3.8) is 0 Å². The zero-order chi connectivity index (χ0) is 11.4. The van der Waals surface area contributed by atoms with Crippen molar-refractivity contribution in [1.29, 1.82) is 0 Å². The van der Waals surface area contributed by atoms with Gasteiger partial charge in [0.15, 0.2) is 0 Å². The van der Waals surface area contributed by atoms with E-state index in [-0.39, 0.29) is 6.10 Å². The Bertz CT molecular complexity index is 458. The number of hydrogen-bond acceptors (Lipinski definition) is 2. The highest BCUT2D eigenvalue weighted by Gasteiger charge is 2.08. The maximum atomic E-state index is 5.84. The second-order valence-corrected chi connectivity index (χ2v) is 4.33. The van der Waals surface area contributed by atoms with Gasteiger partial charge in [0.1, 0.15) is 11.9 Å². The zero-order valence-corrected chi connectivity index (χ0v) is 10.5. The van der Waals surface area contributed by atoms with E-state index in [1.54, 1.807) is 12.4 Å². The molecule has 2 aromatic rings. The molecule has 1 aromatic carbocycles. The smallest absolute Gasteiger partial charge is 0.137 e. The largest absolute Gasteiger partial charge is 0.485 e. The van der Waals surface area contributed by atoms with Crippen molar-refractivity contribution >= 4 is 15.9 Å². The maximum Gasteiger partial charge on any atom is 0.137 e. The van der Waals surface area contributed by atoms with Crippen molar-refractivity contribution < 1.29 is 4.74 Å². The topological polar surface area (TPSA) is 22.1 Å². The fraction of sp³-hybridized carbons (Fsp3) is 0.154. The van der Waals surface area contributed by atoms with Crippen LogP contribution in [-0.2, 0) is 0 Å². The number of hydrogen-bond donors (Lipinski definition) is 0. The highest BCUT2D eigenvalue weighted by molar-refractivity contribution is 9.10. The van der Waals surface area contributed by atoms with E-state index in [1.807, 2.05) is 31.2 Å². The van der Waals surface area contributed by atoms with Gasteiger partial charge in [0.05, 0.1) is 4.47 Å². The van der Waals surface area contributed by atoms with Gasteiger partial charge in [0.2, 0.25) is 0 Å². The lowest BCUT2D eigenvalue weighted by atomic mass is 10.1. The van der Waals surface area contributed by atoms with E-state index in [4.69, 9.17) is 4.74 Å². The Balaban J connectivity index is 2.14. The summed E-state index contributed by atoms with van der Waals surface area (Å²) in [6.07, 6.45) is 3.48. The van der Waals surface area contributed by atoms with Gasteiger partial charge < -0.3 is 4.74 Å². The van der Waals surface area contributed by atoms with E-state index in [1.165, 1.54) is 0 Å². The van der Waals surface area contributed by atoms with Crippen LogP contribution in [0.1, 0.15) is 18.6 Å². The Hall–Kier alpha value is -1.35. The predicted molar refractivity (Wildman–Crippen MR) is 67.4 cm³/mol. The number of ether oxygens (including phenoxy) is 1. The molecule has 0 fully saturated rings. The third kappa shape index (κ3) is 2.61. The summed E-state index contributed by atoms with van der Waals surface area (Å²) in [5, 5.41) is 0. The standard InChI is InChI=1S/C13H12BrNO/c1-10(11-5-3-2-4-6-11)16-13-7-8-15-9-12(13)14/h2-10H,1H3. The molecule has 0 saturated carbocycles. The number of nitrogens with zero attached hydrogens (tertiary/aromatic N) is 1. The van der Waals surface area contributed by atoms with E-state index >= 15 is 0 Å². The Kier molecular flexibility index (Phi) is 3.57. The van der Waals surface area contributed by atoms with Crippen LogP contribution in [0.25, 0.3) is 0 Å². The van der Waals surface area contributed by atoms with Gasteiger partial charge in [-0.15, -0.1) is 0 Å². The Morgan fingerprint density at radius 1 is 1.19 bits per heavy atom. The fourth-order valence-corrected chi connectivity index (χ4v) is 1.78. The van der Waals surface area contributed by atoms with Gasteiger partial charge in [-0.05, 0) is 34.5 Å². The third-order valence-corrected chi connectivity index (χ3v) is 2.90. The highest BCUT2D eigenvalue weighted by atomic mass is 79.9. The molecule has 0 spiro atoms. The van der Waals surface area contributed by atoms with Crippen molar-refractivity contribution in [2.24, 2.45) is 0 Å². The van der Waals surface area contributed by atoms with E-state index < -0.39 is 0 Å². The molecule has 2 nitrogen and oxygen atoms in total. The Morgan fingerprint density at radius 3 is 2.62 bits per heavy atom. The molecule has 2 rings (SSSR count). The second kappa shape index (κ2) is 5.12. The van der Waals surface area contributed by atoms with Crippen molar-refractivity contribution in [2.45, 2.75) is 13.0 Å². The lowest BCUT2D eigenvalue weighted by Crippen LogP contribution is -2.03. The van der Waals surface area contributed by atoms with Gasteiger partial charge in [-0.3, -0.25) is 4.98 Å². The van der Waals surface area contributed by atoms with Gasteiger partial charge in [-0.2, -0.15) is 0 Å². The van der Waals surface area contributed by atoms with Gasteiger partial charge in [0, 0.05) is 12.4 Å². The summed E-state index contributed by atoms with van der Waals surface area (Å²) in [5.41, 5.74) is 1.16. The summed E-state index contributed by atoms with van der Waals surface area (Å²) in [4.78, 5) is 4.00. The number of benzene rings is 1. The Labute approximate surface area is 103 Å². The van der Waals surface area contributed by atoms with E-state index in [0.29, 0.717) is 0 Å². The van der Waals surface area contributed by atoms with Crippen LogP contribution in [0.5, 0.6) is 5.75 Å². The van der Waals surface area contributed by atoms with Gasteiger partial charge in [-0.25, -0.2) is 0 Å². The van der Waals surface area contributed by atoms with E-state index in [2.05, 4.69) is 33.0 Å². The normalized spacial score (nSPS) is 12.1. The minimum Gasteiger partial charge on any atom is -0.485 e. The molecule has 16 heavy (non-hydrogen) atoms. The molecule has 0 saturated heterocycles. The monoisotopic (exact) mass is 277 g/mol. The lowest BCUT2D eigenvalue weighted by Gasteiger charge is -2.15. The van der Waals surface area contributed by atoms with Crippen molar-refractivity contribution in [3.05, 3.63) is 58.8 Å². The zero-order valence-electron chi connectivity index (χ0n) is 8.93. The summed E-state index contributed by atoms with van der Waals surface area (Å²) in [6, 6.07) is 12.0. The average Bonchev–Trinajstić information content (AvgIpc) is 2.33. The van der Waals surface area contributed by atoms with Crippen molar-refractivity contribution in [3.8, 4) is 5.75 Å². The number of rotatable bonds is 3. The number of pyridine rings is 1. The van der Waals surface area contributed by atoms with Crippen molar-refractivity contribution in [2.75, 3.05) is 0 Å². The summed E-state index contributed by atoms with van der Waals surface area (Å²) in [7, 11) is 0. The molecule has 0 amide bonds. The Morgan fingerprint density at radius 2 is 1.94 bits per heavy atom. The van der Waals surface area contributed by atoms with E-state index in [0.717, 1.165) is 15.8 Å². The molecule has 0 bridgehead atoms. The molecule has 1 aromatic heterocycles. The fourth-order valence-electron chi connectivity index (χ4n) is 1.44. The van der Waals surface area contributed by atoms with Gasteiger partial charge in [0.25, 0.3) is 0 Å². The van der Waals surface area contributed by atoms with Crippen LogP contribution in [0, 0.1) is 0 Å². The SMILES string of the molecule is CC(Oc1ccncc1Br)c1ccccc1. The minimum absolute atomic E-state index is 0.0277. The molecule has 0 aliphatic carbocycles. The summed E-state index contributed by atoms with van der Waals surface area (Å²) in [5.74, 6) is 0.811. The molecular weight excluding hydrogens is 266 g/mol. The summed E-state index contributed by atoms with van der Waals surface area (Å²) in [6.45, 7) is 2.03. The first-order valence-electron chi connectivity index (χ1n) is 5.08. The molecule has 0 N–H and O–H groups in total. The number of halogens is 1. The summed E-state index contributed by atoms with van der Waals surface area (Å²) < 4.78 is 6.72. The third-order valence-electron chi connectivity index (χ3n) is 2.31. The molecule has 3 heteroatoms. The van der Waals surface area contributed by atoms with Crippen molar-refractivity contribution in [1.82, 2.24) is 4.98 Å². The first-order chi connectivity index (χ1) is 7.77. The van der Waals surface area contributed by atoms with Gasteiger partial charge in [-0.1, -0.05) is 30.3 Å². The quantitative estimate of drug-likeness (QED) is 0.847. The number of aromatic nitrogens is 1. The first-order valence-corrected chi connectivity index (χ1v) is 5.88. The molecule has 82 valence electrons. The minimum atomic E-state index is 0.0277. The van der Waals surface area contributed by atoms with Crippen LogP contribution >= 0.6 is 15.9 Å². The molecule has 0 aliphatic rings. The van der Waals surface area contributed by atoms with Crippen LogP contribution in [-0.4, -0.2) is 4.98 Å². The molecule has 1 atom stereocenters. The molecule has 0 radical (unpaired) electrons. The van der Waals surface area contributed by atoms with Crippen LogP contribution in [0.15, 0.2) is 53.3 Å². The maximum absolute atomic E-state index is 5.84. The first kappa shape index (κ1) is 11.1. The summed E-state index contributed by atoms with van der Waals surface area (Å²) >= 11 is 3.41. The average molecular weight is 278 g/mol. The molecular formula is C13H12BrNO. The van der Waals surface area contributed by atoms with Crippen LogP contribution < -0.4 is 4.74 Å². The lowest BCUT2D eigenvalue weighted by molar-refractivity contribution is 0.225. The van der Waals surface area contributed by atoms with E-state index in [9.17, 15) is 0 Å². The van der Waals surface area contributed by atoms with Crippen LogP contribution in [0.2, 0.25) is 0 Å². The second-order valence-electron chi connectivity index (χ2n) is 3.48. The van der Waals surface area contributed by atoms with Crippen LogP contribution in [0.4, 0.5) is 0 Å². The molecule has 1 unspecified atom stereocenters.